The summed E-state index contributed by atoms with van der Waals surface area (Å²) in [4.78, 5) is 26.8. The summed E-state index contributed by atoms with van der Waals surface area (Å²) >= 11 is 0. The van der Waals surface area contributed by atoms with Crippen LogP contribution in [-0.2, 0) is 12.7 Å². The van der Waals surface area contributed by atoms with E-state index in [9.17, 15) is 13.2 Å². The fourth-order valence-corrected chi connectivity index (χ4v) is 4.70. The smallest absolute Gasteiger partial charge is 0.434 e. The molecule has 0 aliphatic heterocycles. The minimum Gasteiger partial charge on any atom is -0.480 e. The number of para-hydroxylation sites is 1. The number of hydrogen-bond donors (Lipinski definition) is 1. The van der Waals surface area contributed by atoms with Crippen LogP contribution in [0.25, 0.3) is 33.8 Å². The number of benzene rings is 1. The molecule has 0 amide bonds. The van der Waals surface area contributed by atoms with E-state index in [0.29, 0.717) is 41.2 Å². The van der Waals surface area contributed by atoms with Crippen LogP contribution in [0, 0.1) is 0 Å². The van der Waals surface area contributed by atoms with Crippen molar-refractivity contribution in [1.29, 1.82) is 0 Å². The molecule has 1 N–H and O–H groups in total. The summed E-state index contributed by atoms with van der Waals surface area (Å²) in [5.74, 6) is 2.02. The normalized spacial score (nSPS) is 13.6. The van der Waals surface area contributed by atoms with Crippen LogP contribution >= 0.6 is 0 Å². The van der Waals surface area contributed by atoms with Crippen molar-refractivity contribution in [2.45, 2.75) is 51.4 Å². The Morgan fingerprint density at radius 3 is 2.51 bits per heavy atom. The lowest BCUT2D eigenvalue weighted by molar-refractivity contribution is -0.140. The van der Waals surface area contributed by atoms with E-state index in [-0.39, 0.29) is 11.9 Å². The van der Waals surface area contributed by atoms with Crippen molar-refractivity contribution in [3.63, 3.8) is 0 Å². The van der Waals surface area contributed by atoms with E-state index < -0.39 is 11.9 Å². The number of alkyl halides is 3. The van der Waals surface area contributed by atoms with Crippen molar-refractivity contribution < 1.29 is 17.9 Å². The predicted octanol–water partition coefficient (Wildman–Crippen LogP) is 6.44. The number of pyridine rings is 1. The van der Waals surface area contributed by atoms with Gasteiger partial charge in [-0.25, -0.2) is 24.9 Å². The van der Waals surface area contributed by atoms with Crippen molar-refractivity contribution in [2.24, 2.45) is 0 Å². The molecule has 1 aliphatic rings. The Balaban J connectivity index is 1.31. The summed E-state index contributed by atoms with van der Waals surface area (Å²) in [5, 5.41) is 4.22. The Morgan fingerprint density at radius 2 is 1.83 bits per heavy atom. The molecular weight excluding hydrogens is 533 g/mol. The fraction of sp³-hybridized carbons (Fsp3) is 0.310. The van der Waals surface area contributed by atoms with E-state index >= 15 is 0 Å². The Kier molecular flexibility index (Phi) is 6.76. The zero-order chi connectivity index (χ0) is 28.7. The number of nitrogens with zero attached hydrogens (tertiary/aromatic N) is 7. The number of methoxy groups -OCH3 is 1. The molecular formula is C29H27F3N8O. The summed E-state index contributed by atoms with van der Waals surface area (Å²) in [7, 11) is 1.57. The summed E-state index contributed by atoms with van der Waals surface area (Å²) in [5.41, 5.74) is 2.56. The Hall–Kier alpha value is -4.61. The minimum atomic E-state index is -4.53. The summed E-state index contributed by atoms with van der Waals surface area (Å²) in [6.07, 6.45) is 1.71. The molecule has 1 saturated carbocycles. The monoisotopic (exact) mass is 560 g/mol. The predicted molar refractivity (Wildman–Crippen MR) is 147 cm³/mol. The number of imidazole rings is 1. The Labute approximate surface area is 233 Å². The number of nitrogens with one attached hydrogen (secondary N) is 1. The van der Waals surface area contributed by atoms with Crippen LogP contribution in [0.2, 0.25) is 0 Å². The van der Waals surface area contributed by atoms with E-state index in [1.165, 1.54) is 10.9 Å². The SMILES string of the molecule is COc1ncnc(C2CC2)c1-c1nc(NCc2ccc(-c3nc(C(F)(F)F)cn3C(C)C)nc2)c2ccccc2n1. The zero-order valence-corrected chi connectivity index (χ0v) is 22.6. The second kappa shape index (κ2) is 10.4. The summed E-state index contributed by atoms with van der Waals surface area (Å²) in [6, 6.07) is 11.0. The Morgan fingerprint density at radius 1 is 1.02 bits per heavy atom. The van der Waals surface area contributed by atoms with Gasteiger partial charge in [-0.2, -0.15) is 13.2 Å². The third kappa shape index (κ3) is 5.29. The number of halogens is 3. The number of ether oxygens (including phenoxy) is 1. The van der Waals surface area contributed by atoms with Gasteiger partial charge in [-0.1, -0.05) is 18.2 Å². The van der Waals surface area contributed by atoms with Crippen LogP contribution in [0.1, 0.15) is 55.6 Å². The van der Waals surface area contributed by atoms with Gasteiger partial charge in [0.2, 0.25) is 5.88 Å². The number of anilines is 1. The van der Waals surface area contributed by atoms with E-state index in [1.54, 1.807) is 33.2 Å². The van der Waals surface area contributed by atoms with E-state index in [4.69, 9.17) is 14.7 Å². The highest BCUT2D eigenvalue weighted by Gasteiger charge is 2.35. The first-order valence-corrected chi connectivity index (χ1v) is 13.2. The molecule has 210 valence electrons. The Bertz CT molecular complexity index is 1710. The molecule has 6 rings (SSSR count). The van der Waals surface area contributed by atoms with Crippen molar-refractivity contribution in [1.82, 2.24) is 34.5 Å². The standard InChI is InChI=1S/C29H27F3N8O/c1-16(2)40-14-22(29(30,31)32)38-27(40)21-11-8-17(12-33-21)13-34-25-19-6-4-5-7-20(19)37-26(39-25)23-24(18-9-10-18)35-15-36-28(23)41-3/h4-8,11-12,14-16,18H,9-10,13H2,1-3H3,(H,34,37,39). The molecule has 0 radical (unpaired) electrons. The van der Waals surface area contributed by atoms with Gasteiger partial charge in [0, 0.05) is 36.3 Å². The highest BCUT2D eigenvalue weighted by atomic mass is 19.4. The van der Waals surface area contributed by atoms with Gasteiger partial charge < -0.3 is 14.6 Å². The largest absolute Gasteiger partial charge is 0.480 e. The molecule has 5 aromatic rings. The van der Waals surface area contributed by atoms with Crippen molar-refractivity contribution in [2.75, 3.05) is 12.4 Å². The van der Waals surface area contributed by atoms with Crippen LogP contribution in [0.3, 0.4) is 0 Å². The van der Waals surface area contributed by atoms with Crippen LogP contribution in [0.5, 0.6) is 5.88 Å². The quantitative estimate of drug-likeness (QED) is 0.231. The molecule has 1 aromatic carbocycles. The molecule has 4 aromatic heterocycles. The van der Waals surface area contributed by atoms with Gasteiger partial charge in [-0.05, 0) is 50.5 Å². The zero-order valence-electron chi connectivity index (χ0n) is 22.6. The highest BCUT2D eigenvalue weighted by molar-refractivity contribution is 5.91. The number of hydrogen-bond acceptors (Lipinski definition) is 8. The van der Waals surface area contributed by atoms with Crippen LogP contribution in [-0.4, -0.2) is 41.6 Å². The van der Waals surface area contributed by atoms with Gasteiger partial charge in [0.25, 0.3) is 0 Å². The summed E-state index contributed by atoms with van der Waals surface area (Å²) < 4.78 is 47.0. The van der Waals surface area contributed by atoms with Crippen LogP contribution in [0.4, 0.5) is 19.0 Å². The van der Waals surface area contributed by atoms with E-state index in [1.807, 2.05) is 30.3 Å². The molecule has 0 unspecified atom stereocenters. The molecule has 41 heavy (non-hydrogen) atoms. The minimum absolute atomic E-state index is 0.170. The maximum absolute atomic E-state index is 13.3. The van der Waals surface area contributed by atoms with Gasteiger partial charge in [0.05, 0.1) is 18.3 Å². The van der Waals surface area contributed by atoms with Crippen molar-refractivity contribution >= 4 is 16.7 Å². The molecule has 12 heteroatoms. The molecule has 0 atom stereocenters. The van der Waals surface area contributed by atoms with E-state index in [0.717, 1.165) is 41.2 Å². The maximum atomic E-state index is 13.3. The van der Waals surface area contributed by atoms with Gasteiger partial charge in [-0.15, -0.1) is 0 Å². The van der Waals surface area contributed by atoms with Gasteiger partial charge in [-0.3, -0.25) is 4.98 Å². The molecule has 1 fully saturated rings. The van der Waals surface area contributed by atoms with Gasteiger partial charge in [0.1, 0.15) is 23.4 Å². The molecule has 9 nitrogen and oxygen atoms in total. The van der Waals surface area contributed by atoms with Gasteiger partial charge >= 0.3 is 6.18 Å². The van der Waals surface area contributed by atoms with Gasteiger partial charge in [0.15, 0.2) is 17.3 Å². The molecule has 4 heterocycles. The van der Waals surface area contributed by atoms with Crippen molar-refractivity contribution in [3.8, 4) is 28.8 Å². The highest BCUT2D eigenvalue weighted by Crippen LogP contribution is 2.45. The molecule has 1 aliphatic carbocycles. The third-order valence-corrected chi connectivity index (χ3v) is 6.92. The average molecular weight is 561 g/mol. The second-order valence-electron chi connectivity index (χ2n) is 10.2. The molecule has 0 saturated heterocycles. The average Bonchev–Trinajstić information content (AvgIpc) is 3.71. The van der Waals surface area contributed by atoms with Crippen molar-refractivity contribution in [3.05, 3.63) is 72.1 Å². The first-order valence-electron chi connectivity index (χ1n) is 13.2. The van der Waals surface area contributed by atoms with Crippen LogP contribution < -0.4 is 10.1 Å². The fourth-order valence-electron chi connectivity index (χ4n) is 4.70. The molecule has 0 spiro atoms. The van der Waals surface area contributed by atoms with E-state index in [2.05, 4.69) is 25.3 Å². The number of aromatic nitrogens is 7. The number of fused-ring (bicyclic) bond motifs is 1. The molecule has 0 bridgehead atoms. The number of rotatable bonds is 8. The first kappa shape index (κ1) is 26.6. The maximum Gasteiger partial charge on any atom is 0.434 e. The topological polar surface area (TPSA) is 104 Å². The second-order valence-corrected chi connectivity index (χ2v) is 10.2. The lowest BCUT2D eigenvalue weighted by Crippen LogP contribution is -2.07. The summed E-state index contributed by atoms with van der Waals surface area (Å²) in [6.45, 7) is 3.97. The lowest BCUT2D eigenvalue weighted by Gasteiger charge is -2.14. The lowest BCUT2D eigenvalue weighted by atomic mass is 10.1. The van der Waals surface area contributed by atoms with Crippen LogP contribution in [0.15, 0.2) is 55.1 Å². The third-order valence-electron chi connectivity index (χ3n) is 6.92. The first-order chi connectivity index (χ1) is 19.7.